The molecule has 0 saturated carbocycles. The lowest BCUT2D eigenvalue weighted by molar-refractivity contribution is -0.167. The minimum absolute atomic E-state index is 0.190. The molecule has 0 amide bonds. The molecule has 0 spiro atoms. The molecule has 0 N–H and O–H groups in total. The van der Waals surface area contributed by atoms with E-state index in [2.05, 4.69) is 0 Å². The molecule has 0 aromatic heterocycles. The number of rotatable bonds is 2. The van der Waals surface area contributed by atoms with Crippen molar-refractivity contribution >= 4 is 11.9 Å². The van der Waals surface area contributed by atoms with Gasteiger partial charge in [0.25, 0.3) is 0 Å². The molecule has 0 aromatic carbocycles. The molecule has 0 saturated heterocycles. The number of carbonyl (C=O) groups excluding carboxylic acids is 2. The Bertz CT molecular complexity index is 285. The first-order chi connectivity index (χ1) is 7.93. The highest BCUT2D eigenvalue weighted by atomic mass is 16.6. The van der Waals surface area contributed by atoms with E-state index in [1.807, 2.05) is 39.8 Å². The molecule has 0 bridgehead atoms. The molecule has 3 nitrogen and oxygen atoms in total. The van der Waals surface area contributed by atoms with Crippen molar-refractivity contribution in [3.05, 3.63) is 12.2 Å². The summed E-state index contributed by atoms with van der Waals surface area (Å²) in [7, 11) is 0. The highest BCUT2D eigenvalue weighted by Crippen LogP contribution is 2.24. The standard InChI is InChI=1S/C14H22O3/c1-9(2)11-7-5-6-8-12(10(3)4)14(16)17-13(11)15/h5-6,9-12H,7-8H2,1-4H3/b6-5-/t11-,12-/m0/s1. The zero-order chi connectivity index (χ0) is 13.0. The van der Waals surface area contributed by atoms with Crippen LogP contribution in [0.1, 0.15) is 40.5 Å². The summed E-state index contributed by atoms with van der Waals surface area (Å²) in [6.07, 6.45) is 5.32. The Morgan fingerprint density at radius 1 is 0.941 bits per heavy atom. The van der Waals surface area contributed by atoms with Gasteiger partial charge in [0.05, 0.1) is 11.8 Å². The van der Waals surface area contributed by atoms with Crippen LogP contribution < -0.4 is 0 Å². The molecule has 1 aliphatic rings. The molecule has 96 valence electrons. The number of cyclic esters (lactones) is 2. The Morgan fingerprint density at radius 2 is 1.29 bits per heavy atom. The second kappa shape index (κ2) is 5.99. The molecular weight excluding hydrogens is 216 g/mol. The SMILES string of the molecule is CC(C)[C@@H]1C/C=C\C[C@@H](C(C)C)C(=O)OC1=O. The fourth-order valence-corrected chi connectivity index (χ4v) is 2.02. The highest BCUT2D eigenvalue weighted by molar-refractivity contribution is 5.88. The van der Waals surface area contributed by atoms with Gasteiger partial charge in [0, 0.05) is 0 Å². The zero-order valence-corrected chi connectivity index (χ0v) is 11.1. The number of hydrogen-bond donors (Lipinski definition) is 0. The Labute approximate surface area is 103 Å². The van der Waals surface area contributed by atoms with Crippen LogP contribution >= 0.6 is 0 Å². The van der Waals surface area contributed by atoms with E-state index >= 15 is 0 Å². The summed E-state index contributed by atoms with van der Waals surface area (Å²) in [4.78, 5) is 23.7. The van der Waals surface area contributed by atoms with Crippen LogP contribution in [0.25, 0.3) is 0 Å². The van der Waals surface area contributed by atoms with Crippen molar-refractivity contribution in [2.75, 3.05) is 0 Å². The number of allylic oxidation sites excluding steroid dienone is 2. The Kier molecular flexibility index (Phi) is 4.91. The maximum Gasteiger partial charge on any atom is 0.317 e. The summed E-state index contributed by atoms with van der Waals surface area (Å²) in [5, 5.41) is 0. The van der Waals surface area contributed by atoms with Crippen molar-refractivity contribution in [1.82, 2.24) is 0 Å². The number of carbonyl (C=O) groups is 2. The van der Waals surface area contributed by atoms with Gasteiger partial charge < -0.3 is 4.74 Å². The van der Waals surface area contributed by atoms with Crippen LogP contribution in [0.5, 0.6) is 0 Å². The molecule has 1 rings (SSSR count). The average Bonchev–Trinajstić information content (AvgIpc) is 2.26. The normalized spacial score (nSPS) is 28.6. The van der Waals surface area contributed by atoms with Crippen molar-refractivity contribution in [3.63, 3.8) is 0 Å². The second-order valence-corrected chi connectivity index (χ2v) is 5.38. The Balaban J connectivity index is 2.85. The van der Waals surface area contributed by atoms with Crippen LogP contribution in [0.4, 0.5) is 0 Å². The van der Waals surface area contributed by atoms with Crippen LogP contribution in [-0.2, 0) is 14.3 Å². The lowest BCUT2D eigenvalue weighted by Gasteiger charge is -2.19. The Hall–Kier alpha value is -1.12. The van der Waals surface area contributed by atoms with E-state index in [-0.39, 0.29) is 35.6 Å². The van der Waals surface area contributed by atoms with Gasteiger partial charge in [-0.25, -0.2) is 0 Å². The third kappa shape index (κ3) is 3.69. The summed E-state index contributed by atoms with van der Waals surface area (Å²) in [6.45, 7) is 7.90. The summed E-state index contributed by atoms with van der Waals surface area (Å²) >= 11 is 0. The van der Waals surface area contributed by atoms with E-state index in [4.69, 9.17) is 4.74 Å². The van der Waals surface area contributed by atoms with E-state index in [0.717, 1.165) is 0 Å². The smallest absolute Gasteiger partial charge is 0.317 e. The molecule has 1 heterocycles. The lowest BCUT2D eigenvalue weighted by Crippen LogP contribution is -2.29. The van der Waals surface area contributed by atoms with Gasteiger partial charge in [-0.15, -0.1) is 0 Å². The number of esters is 2. The fraction of sp³-hybridized carbons (Fsp3) is 0.714. The summed E-state index contributed by atoms with van der Waals surface area (Å²) in [5.74, 6) is -0.780. The minimum Gasteiger partial charge on any atom is -0.393 e. The van der Waals surface area contributed by atoms with Crippen molar-refractivity contribution < 1.29 is 14.3 Å². The topological polar surface area (TPSA) is 43.4 Å². The van der Waals surface area contributed by atoms with Gasteiger partial charge in [-0.2, -0.15) is 0 Å². The summed E-state index contributed by atoms with van der Waals surface area (Å²) in [6, 6.07) is 0. The first-order valence-corrected chi connectivity index (χ1v) is 6.34. The quantitative estimate of drug-likeness (QED) is 0.422. The number of ether oxygens (including phenoxy) is 1. The largest absolute Gasteiger partial charge is 0.393 e. The Morgan fingerprint density at radius 3 is 1.59 bits per heavy atom. The van der Waals surface area contributed by atoms with E-state index < -0.39 is 0 Å². The van der Waals surface area contributed by atoms with E-state index in [1.165, 1.54) is 0 Å². The minimum atomic E-state index is -0.373. The second-order valence-electron chi connectivity index (χ2n) is 5.38. The third-order valence-electron chi connectivity index (χ3n) is 3.36. The van der Waals surface area contributed by atoms with Crippen LogP contribution in [0, 0.1) is 23.7 Å². The first-order valence-electron chi connectivity index (χ1n) is 6.34. The van der Waals surface area contributed by atoms with Gasteiger partial charge in [0.2, 0.25) is 0 Å². The molecule has 2 atom stereocenters. The molecule has 0 fully saturated rings. The van der Waals surface area contributed by atoms with E-state index in [0.29, 0.717) is 12.8 Å². The van der Waals surface area contributed by atoms with Gasteiger partial charge in [-0.05, 0) is 24.7 Å². The van der Waals surface area contributed by atoms with Crippen molar-refractivity contribution in [2.24, 2.45) is 23.7 Å². The molecule has 0 unspecified atom stereocenters. The van der Waals surface area contributed by atoms with Crippen LogP contribution in [0.15, 0.2) is 12.2 Å². The molecule has 1 aliphatic heterocycles. The fourth-order valence-electron chi connectivity index (χ4n) is 2.02. The molecule has 0 aromatic rings. The van der Waals surface area contributed by atoms with Gasteiger partial charge in [-0.3, -0.25) is 9.59 Å². The van der Waals surface area contributed by atoms with Gasteiger partial charge in [-0.1, -0.05) is 39.8 Å². The van der Waals surface area contributed by atoms with E-state index in [9.17, 15) is 9.59 Å². The molecule has 0 aliphatic carbocycles. The van der Waals surface area contributed by atoms with Crippen LogP contribution in [0.2, 0.25) is 0 Å². The average molecular weight is 238 g/mol. The first kappa shape index (κ1) is 13.9. The molecule has 17 heavy (non-hydrogen) atoms. The van der Waals surface area contributed by atoms with Crippen LogP contribution in [0.3, 0.4) is 0 Å². The molecular formula is C14H22O3. The lowest BCUT2D eigenvalue weighted by atomic mass is 9.92. The third-order valence-corrected chi connectivity index (χ3v) is 3.36. The van der Waals surface area contributed by atoms with Crippen LogP contribution in [-0.4, -0.2) is 11.9 Å². The molecule has 3 heteroatoms. The van der Waals surface area contributed by atoms with Crippen molar-refractivity contribution in [3.8, 4) is 0 Å². The van der Waals surface area contributed by atoms with Gasteiger partial charge in [0.1, 0.15) is 0 Å². The van der Waals surface area contributed by atoms with Crippen molar-refractivity contribution in [1.29, 1.82) is 0 Å². The van der Waals surface area contributed by atoms with E-state index in [1.54, 1.807) is 0 Å². The summed E-state index contributed by atoms with van der Waals surface area (Å²) < 4.78 is 5.00. The summed E-state index contributed by atoms with van der Waals surface area (Å²) in [5.41, 5.74) is 0. The maximum absolute atomic E-state index is 11.9. The monoisotopic (exact) mass is 238 g/mol. The predicted octanol–water partition coefficient (Wildman–Crippen LogP) is 2.95. The van der Waals surface area contributed by atoms with Crippen molar-refractivity contribution in [2.45, 2.75) is 40.5 Å². The molecule has 0 radical (unpaired) electrons. The maximum atomic E-state index is 11.9. The van der Waals surface area contributed by atoms with Gasteiger partial charge in [0.15, 0.2) is 0 Å². The van der Waals surface area contributed by atoms with Gasteiger partial charge >= 0.3 is 11.9 Å². The zero-order valence-electron chi connectivity index (χ0n) is 11.1. The predicted molar refractivity (Wildman–Crippen MR) is 66.1 cm³/mol. The highest BCUT2D eigenvalue weighted by Gasteiger charge is 2.30. The number of hydrogen-bond acceptors (Lipinski definition) is 3.